The van der Waals surface area contributed by atoms with Crippen LogP contribution in [0.5, 0.6) is 0 Å². The molecule has 84 valence electrons. The average molecular weight is 200 g/mol. The smallest absolute Gasteiger partial charge is 0.129 e. The Balaban J connectivity index is 0.000000255. The van der Waals surface area contributed by atoms with Gasteiger partial charge in [0, 0.05) is 32.6 Å². The minimum atomic E-state index is 0.289. The van der Waals surface area contributed by atoms with Crippen LogP contribution >= 0.6 is 0 Å². The van der Waals surface area contributed by atoms with Crippen LogP contribution in [0, 0.1) is 0 Å². The van der Waals surface area contributed by atoms with Crippen molar-refractivity contribution in [3.05, 3.63) is 0 Å². The van der Waals surface area contributed by atoms with E-state index in [9.17, 15) is 4.79 Å². The third kappa shape index (κ3) is 8.20. The normalized spacial score (nSPS) is 18.6. The molecule has 0 aromatic carbocycles. The van der Waals surface area contributed by atoms with Crippen LogP contribution in [0.1, 0.15) is 26.7 Å². The van der Waals surface area contributed by atoms with Crippen molar-refractivity contribution in [3.8, 4) is 0 Å². The average Bonchev–Trinajstić information content (AvgIpc) is 2.11. The lowest BCUT2D eigenvalue weighted by atomic mass is 10.3. The fraction of sp³-hybridized carbons (Fsp3) is 0.909. The van der Waals surface area contributed by atoms with E-state index >= 15 is 0 Å². The molecule has 3 nitrogen and oxygen atoms in total. The summed E-state index contributed by atoms with van der Waals surface area (Å²) in [5.74, 6) is 0.289. The lowest BCUT2D eigenvalue weighted by Gasteiger charge is -2.28. The van der Waals surface area contributed by atoms with E-state index in [1.807, 2.05) is 6.92 Å². The first-order valence-electron chi connectivity index (χ1n) is 5.42. The van der Waals surface area contributed by atoms with Gasteiger partial charge in [-0.25, -0.2) is 0 Å². The van der Waals surface area contributed by atoms with Gasteiger partial charge in [-0.2, -0.15) is 0 Å². The second-order valence-corrected chi connectivity index (χ2v) is 4.06. The quantitative estimate of drug-likeness (QED) is 0.670. The summed E-state index contributed by atoms with van der Waals surface area (Å²) in [6, 6.07) is 0. The highest BCUT2D eigenvalue weighted by molar-refractivity contribution is 5.75. The summed E-state index contributed by atoms with van der Waals surface area (Å²) in [5.41, 5.74) is 0. The molecule has 1 rings (SSSR count). The molecular weight excluding hydrogens is 176 g/mol. The highest BCUT2D eigenvalue weighted by Crippen LogP contribution is 1.93. The van der Waals surface area contributed by atoms with Gasteiger partial charge in [0.05, 0.1) is 0 Å². The summed E-state index contributed by atoms with van der Waals surface area (Å²) >= 11 is 0. The Hall–Kier alpha value is -0.410. The van der Waals surface area contributed by atoms with Crippen molar-refractivity contribution >= 4 is 5.78 Å². The number of ketones is 1. The van der Waals surface area contributed by atoms with Crippen molar-refractivity contribution in [1.29, 1.82) is 0 Å². The first kappa shape index (κ1) is 13.6. The van der Waals surface area contributed by atoms with Crippen molar-refractivity contribution in [3.63, 3.8) is 0 Å². The molecule has 14 heavy (non-hydrogen) atoms. The summed E-state index contributed by atoms with van der Waals surface area (Å²) in [6.45, 7) is 8.55. The van der Waals surface area contributed by atoms with Crippen LogP contribution in [0.25, 0.3) is 0 Å². The number of piperazine rings is 1. The molecule has 1 aliphatic heterocycles. The lowest BCUT2D eigenvalue weighted by molar-refractivity contribution is -0.117. The van der Waals surface area contributed by atoms with E-state index < -0.39 is 0 Å². The molecule has 0 radical (unpaired) electrons. The first-order chi connectivity index (χ1) is 6.56. The Bertz CT molecular complexity index is 141. The Morgan fingerprint density at radius 1 is 1.07 bits per heavy atom. The number of rotatable bonds is 2. The van der Waals surface area contributed by atoms with E-state index in [1.54, 1.807) is 6.92 Å². The van der Waals surface area contributed by atoms with Gasteiger partial charge in [-0.15, -0.1) is 0 Å². The maximum atomic E-state index is 10.0. The molecule has 0 aromatic heterocycles. The van der Waals surface area contributed by atoms with Crippen LogP contribution in [-0.2, 0) is 4.79 Å². The largest absolute Gasteiger partial charge is 0.304 e. The number of likely N-dealkylation sites (N-methyl/N-ethyl adjacent to an activating group) is 2. The van der Waals surface area contributed by atoms with Gasteiger partial charge in [0.15, 0.2) is 0 Å². The molecular formula is C11H24N2O. The highest BCUT2D eigenvalue weighted by Gasteiger charge is 2.07. The Morgan fingerprint density at radius 3 is 1.57 bits per heavy atom. The molecule has 0 unspecified atom stereocenters. The van der Waals surface area contributed by atoms with Crippen molar-refractivity contribution in [2.24, 2.45) is 0 Å². The Kier molecular flexibility index (Phi) is 7.71. The Labute approximate surface area is 88.1 Å². The fourth-order valence-electron chi connectivity index (χ4n) is 1.26. The minimum absolute atomic E-state index is 0.289. The van der Waals surface area contributed by atoms with E-state index in [0.717, 1.165) is 12.8 Å². The molecule has 1 fully saturated rings. The zero-order valence-electron chi connectivity index (χ0n) is 10.0. The van der Waals surface area contributed by atoms with Crippen molar-refractivity contribution in [2.75, 3.05) is 40.3 Å². The standard InChI is InChI=1S/C6H14N2.C5H10O/c1-7-3-5-8(2)6-4-7;1-3-4-5(2)6/h3-6H2,1-2H3;3-4H2,1-2H3. The summed E-state index contributed by atoms with van der Waals surface area (Å²) in [6.07, 6.45) is 1.72. The summed E-state index contributed by atoms with van der Waals surface area (Å²) in [5, 5.41) is 0. The van der Waals surface area contributed by atoms with E-state index in [-0.39, 0.29) is 5.78 Å². The van der Waals surface area contributed by atoms with E-state index in [0.29, 0.717) is 0 Å². The van der Waals surface area contributed by atoms with Gasteiger partial charge in [-0.05, 0) is 27.4 Å². The Morgan fingerprint density at radius 2 is 1.43 bits per heavy atom. The minimum Gasteiger partial charge on any atom is -0.304 e. The second kappa shape index (κ2) is 7.94. The molecule has 0 spiro atoms. The van der Waals surface area contributed by atoms with E-state index in [1.165, 1.54) is 26.2 Å². The van der Waals surface area contributed by atoms with E-state index in [2.05, 4.69) is 23.9 Å². The summed E-state index contributed by atoms with van der Waals surface area (Å²) < 4.78 is 0. The molecule has 1 heterocycles. The molecule has 0 aliphatic carbocycles. The SMILES string of the molecule is CCCC(C)=O.CN1CCN(C)CC1. The van der Waals surface area contributed by atoms with Crippen LogP contribution in [0.2, 0.25) is 0 Å². The zero-order chi connectivity index (χ0) is 11.0. The summed E-state index contributed by atoms with van der Waals surface area (Å²) in [4.78, 5) is 14.8. The maximum Gasteiger partial charge on any atom is 0.129 e. The molecule has 1 aliphatic rings. The van der Waals surface area contributed by atoms with Crippen LogP contribution in [-0.4, -0.2) is 55.9 Å². The van der Waals surface area contributed by atoms with Gasteiger partial charge in [-0.3, -0.25) is 0 Å². The third-order valence-electron chi connectivity index (χ3n) is 2.33. The van der Waals surface area contributed by atoms with Crippen molar-refractivity contribution in [2.45, 2.75) is 26.7 Å². The predicted molar refractivity (Wildman–Crippen MR) is 60.6 cm³/mol. The van der Waals surface area contributed by atoms with Gasteiger partial charge in [-0.1, -0.05) is 6.92 Å². The number of nitrogens with zero attached hydrogens (tertiary/aromatic N) is 2. The molecule has 0 atom stereocenters. The number of hydrogen-bond donors (Lipinski definition) is 0. The number of Topliss-reactive ketones (excluding diaryl/α,β-unsaturated/α-hetero) is 1. The monoisotopic (exact) mass is 200 g/mol. The molecule has 0 bridgehead atoms. The van der Waals surface area contributed by atoms with Crippen molar-refractivity contribution < 1.29 is 4.79 Å². The zero-order valence-corrected chi connectivity index (χ0v) is 10.0. The van der Waals surface area contributed by atoms with Gasteiger partial charge in [0.2, 0.25) is 0 Å². The highest BCUT2D eigenvalue weighted by atomic mass is 16.1. The van der Waals surface area contributed by atoms with Crippen molar-refractivity contribution in [1.82, 2.24) is 9.80 Å². The lowest BCUT2D eigenvalue weighted by Crippen LogP contribution is -2.42. The van der Waals surface area contributed by atoms with Crippen LogP contribution in [0.4, 0.5) is 0 Å². The number of hydrogen-bond acceptors (Lipinski definition) is 3. The van der Waals surface area contributed by atoms with Crippen LogP contribution in [0.3, 0.4) is 0 Å². The molecule has 3 heteroatoms. The van der Waals surface area contributed by atoms with Gasteiger partial charge in [0.1, 0.15) is 5.78 Å². The topological polar surface area (TPSA) is 23.6 Å². The summed E-state index contributed by atoms with van der Waals surface area (Å²) in [7, 11) is 4.35. The third-order valence-corrected chi connectivity index (χ3v) is 2.33. The first-order valence-corrected chi connectivity index (χ1v) is 5.42. The molecule has 0 saturated carbocycles. The predicted octanol–water partition coefficient (Wildman–Crippen LogP) is 1.24. The molecule has 0 N–H and O–H groups in total. The molecule has 0 amide bonds. The van der Waals surface area contributed by atoms with Gasteiger partial charge in [0.25, 0.3) is 0 Å². The van der Waals surface area contributed by atoms with Gasteiger partial charge < -0.3 is 14.6 Å². The number of carbonyl (C=O) groups is 1. The molecule has 1 saturated heterocycles. The second-order valence-electron chi connectivity index (χ2n) is 4.06. The fourth-order valence-corrected chi connectivity index (χ4v) is 1.26. The van der Waals surface area contributed by atoms with Crippen LogP contribution in [0.15, 0.2) is 0 Å². The van der Waals surface area contributed by atoms with E-state index in [4.69, 9.17) is 0 Å². The molecule has 0 aromatic rings. The number of carbonyl (C=O) groups excluding carboxylic acids is 1. The van der Waals surface area contributed by atoms with Crippen LogP contribution < -0.4 is 0 Å². The maximum absolute atomic E-state index is 10.0. The van der Waals surface area contributed by atoms with Gasteiger partial charge >= 0.3 is 0 Å².